The highest BCUT2D eigenvalue weighted by molar-refractivity contribution is 9.11. The first kappa shape index (κ1) is 11.6. The van der Waals surface area contributed by atoms with Crippen LogP contribution in [0.3, 0.4) is 0 Å². The Labute approximate surface area is 100.0 Å². The average Bonchev–Trinajstić information content (AvgIpc) is 2.09. The fraction of sp³-hybridized carbons (Fsp3) is 0.333. The van der Waals surface area contributed by atoms with E-state index in [4.69, 9.17) is 5.26 Å². The van der Waals surface area contributed by atoms with Crippen LogP contribution in [0.1, 0.15) is 11.7 Å². The number of hydrogen-bond donors (Lipinski definition) is 0. The maximum Gasteiger partial charge on any atom is 0.141 e. The molecule has 5 heteroatoms. The number of pyridine rings is 1. The van der Waals surface area contributed by atoms with Crippen molar-refractivity contribution in [1.29, 1.82) is 5.26 Å². The van der Waals surface area contributed by atoms with Crippen molar-refractivity contribution in [3.63, 3.8) is 0 Å². The van der Waals surface area contributed by atoms with Crippen LogP contribution < -0.4 is 0 Å². The van der Waals surface area contributed by atoms with Crippen molar-refractivity contribution < 1.29 is 0 Å². The lowest BCUT2D eigenvalue weighted by molar-refractivity contribution is 0.351. The molecule has 0 N–H and O–H groups in total. The maximum absolute atomic E-state index is 8.98. The molecule has 0 aliphatic carbocycles. The van der Waals surface area contributed by atoms with Gasteiger partial charge >= 0.3 is 0 Å². The van der Waals surface area contributed by atoms with Crippen LogP contribution in [0.2, 0.25) is 0 Å². The van der Waals surface area contributed by atoms with E-state index in [0.717, 1.165) is 14.6 Å². The summed E-state index contributed by atoms with van der Waals surface area (Å²) in [4.78, 5) is 6.03. The van der Waals surface area contributed by atoms with E-state index in [0.29, 0.717) is 0 Å². The normalized spacial score (nSPS) is 12.6. The third kappa shape index (κ3) is 2.53. The van der Waals surface area contributed by atoms with Crippen LogP contribution in [0.15, 0.2) is 21.2 Å². The average molecular weight is 319 g/mol. The van der Waals surface area contributed by atoms with Gasteiger partial charge in [-0.25, -0.2) is 0 Å². The van der Waals surface area contributed by atoms with Crippen LogP contribution in [-0.4, -0.2) is 24.0 Å². The minimum atomic E-state index is -0.322. The second kappa shape index (κ2) is 4.87. The molecule has 0 amide bonds. The van der Waals surface area contributed by atoms with E-state index in [1.807, 2.05) is 25.1 Å². The van der Waals surface area contributed by atoms with Gasteiger partial charge in [-0.15, -0.1) is 0 Å². The Hall–Kier alpha value is -0.440. The summed E-state index contributed by atoms with van der Waals surface area (Å²) in [7, 11) is 3.70. The van der Waals surface area contributed by atoms with Gasteiger partial charge in [0.1, 0.15) is 6.04 Å². The van der Waals surface area contributed by atoms with Crippen molar-refractivity contribution in [2.24, 2.45) is 0 Å². The number of hydrogen-bond acceptors (Lipinski definition) is 3. The Bertz CT molecular complexity index is 371. The second-order valence-electron chi connectivity index (χ2n) is 3.02. The van der Waals surface area contributed by atoms with E-state index in [-0.39, 0.29) is 6.04 Å². The summed E-state index contributed by atoms with van der Waals surface area (Å²) in [6.07, 6.45) is 1.69. The van der Waals surface area contributed by atoms with Crippen molar-refractivity contribution in [3.05, 3.63) is 26.9 Å². The maximum atomic E-state index is 8.98. The van der Waals surface area contributed by atoms with Gasteiger partial charge in [0.05, 0.1) is 11.8 Å². The van der Waals surface area contributed by atoms with Crippen molar-refractivity contribution in [2.75, 3.05) is 14.1 Å². The van der Waals surface area contributed by atoms with Gasteiger partial charge in [0.25, 0.3) is 0 Å². The first-order valence-corrected chi connectivity index (χ1v) is 5.52. The lowest BCUT2D eigenvalue weighted by Gasteiger charge is -2.17. The highest BCUT2D eigenvalue weighted by atomic mass is 79.9. The summed E-state index contributed by atoms with van der Waals surface area (Å²) in [5.74, 6) is 0. The molecule has 0 spiro atoms. The fourth-order valence-corrected chi connectivity index (χ4v) is 2.25. The molecule has 1 unspecified atom stereocenters. The van der Waals surface area contributed by atoms with E-state index in [1.165, 1.54) is 0 Å². The summed E-state index contributed by atoms with van der Waals surface area (Å²) in [6.45, 7) is 0. The van der Waals surface area contributed by atoms with Crippen LogP contribution in [0.5, 0.6) is 0 Å². The molecule has 0 radical (unpaired) electrons. The standard InChI is InChI=1S/C9H9Br2N3/c1-14(2)8(4-12)9-7(11)3-6(10)5-13-9/h3,5,8H,1-2H3. The van der Waals surface area contributed by atoms with Gasteiger partial charge in [0.2, 0.25) is 0 Å². The first-order chi connectivity index (χ1) is 6.56. The van der Waals surface area contributed by atoms with Gasteiger partial charge in [-0.1, -0.05) is 0 Å². The third-order valence-corrected chi connectivity index (χ3v) is 2.80. The van der Waals surface area contributed by atoms with E-state index in [1.54, 1.807) is 6.20 Å². The Morgan fingerprint density at radius 3 is 2.57 bits per heavy atom. The van der Waals surface area contributed by atoms with Gasteiger partial charge in [-0.3, -0.25) is 9.88 Å². The molecule has 74 valence electrons. The van der Waals surface area contributed by atoms with Gasteiger partial charge in [-0.05, 0) is 52.0 Å². The summed E-state index contributed by atoms with van der Waals surface area (Å²) in [6, 6.07) is 3.76. The molecule has 0 bridgehead atoms. The number of rotatable bonds is 2. The molecule has 0 saturated heterocycles. The zero-order valence-corrected chi connectivity index (χ0v) is 11.0. The predicted octanol–water partition coefficient (Wildman–Crippen LogP) is 2.73. The highest BCUT2D eigenvalue weighted by Crippen LogP contribution is 2.26. The molecule has 3 nitrogen and oxygen atoms in total. The van der Waals surface area contributed by atoms with Crippen molar-refractivity contribution in [1.82, 2.24) is 9.88 Å². The quantitative estimate of drug-likeness (QED) is 0.841. The van der Waals surface area contributed by atoms with Gasteiger partial charge in [0.15, 0.2) is 0 Å². The van der Waals surface area contributed by atoms with Crippen molar-refractivity contribution >= 4 is 31.9 Å². The molecule has 1 rings (SSSR count). The Morgan fingerprint density at radius 2 is 2.14 bits per heavy atom. The van der Waals surface area contributed by atoms with E-state index < -0.39 is 0 Å². The largest absolute Gasteiger partial charge is 0.289 e. The lowest BCUT2D eigenvalue weighted by atomic mass is 10.2. The summed E-state index contributed by atoms with van der Waals surface area (Å²) in [5, 5.41) is 8.98. The van der Waals surface area contributed by atoms with Crippen LogP contribution in [-0.2, 0) is 0 Å². The van der Waals surface area contributed by atoms with Gasteiger partial charge < -0.3 is 0 Å². The summed E-state index contributed by atoms with van der Waals surface area (Å²) in [5.41, 5.74) is 0.737. The Kier molecular flexibility index (Phi) is 4.05. The smallest absolute Gasteiger partial charge is 0.141 e. The molecule has 1 heterocycles. The third-order valence-electron chi connectivity index (χ3n) is 1.73. The van der Waals surface area contributed by atoms with Gasteiger partial charge in [-0.2, -0.15) is 5.26 Å². The lowest BCUT2D eigenvalue weighted by Crippen LogP contribution is -2.19. The Morgan fingerprint density at radius 1 is 1.50 bits per heavy atom. The van der Waals surface area contributed by atoms with Gasteiger partial charge in [0, 0.05) is 15.1 Å². The van der Waals surface area contributed by atoms with Crippen molar-refractivity contribution in [2.45, 2.75) is 6.04 Å². The van der Waals surface area contributed by atoms with Crippen LogP contribution in [0.4, 0.5) is 0 Å². The molecule has 0 aromatic carbocycles. The van der Waals surface area contributed by atoms with Crippen LogP contribution in [0, 0.1) is 11.3 Å². The number of aromatic nitrogens is 1. The molecule has 14 heavy (non-hydrogen) atoms. The van der Waals surface area contributed by atoms with E-state index >= 15 is 0 Å². The monoisotopic (exact) mass is 317 g/mol. The van der Waals surface area contributed by atoms with Crippen LogP contribution >= 0.6 is 31.9 Å². The molecule has 0 aliphatic rings. The molecule has 1 atom stereocenters. The van der Waals surface area contributed by atoms with Crippen LogP contribution in [0.25, 0.3) is 0 Å². The predicted molar refractivity (Wildman–Crippen MR) is 61.7 cm³/mol. The zero-order valence-electron chi connectivity index (χ0n) is 7.83. The SMILES string of the molecule is CN(C)C(C#N)c1ncc(Br)cc1Br. The number of halogens is 2. The molecular formula is C9H9Br2N3. The summed E-state index contributed by atoms with van der Waals surface area (Å²) >= 11 is 6.70. The summed E-state index contributed by atoms with van der Waals surface area (Å²) < 4.78 is 1.73. The topological polar surface area (TPSA) is 39.9 Å². The van der Waals surface area contributed by atoms with E-state index in [9.17, 15) is 0 Å². The highest BCUT2D eigenvalue weighted by Gasteiger charge is 2.17. The fourth-order valence-electron chi connectivity index (χ4n) is 1.05. The first-order valence-electron chi connectivity index (χ1n) is 3.93. The van der Waals surface area contributed by atoms with Crippen molar-refractivity contribution in [3.8, 4) is 6.07 Å². The minimum absolute atomic E-state index is 0.322. The molecule has 0 fully saturated rings. The number of nitrogens with zero attached hydrogens (tertiary/aromatic N) is 3. The molecular weight excluding hydrogens is 310 g/mol. The second-order valence-corrected chi connectivity index (χ2v) is 4.79. The molecule has 0 saturated carbocycles. The number of nitriles is 1. The molecule has 0 aliphatic heterocycles. The molecule has 1 aromatic rings. The van der Waals surface area contributed by atoms with E-state index in [2.05, 4.69) is 42.9 Å². The zero-order chi connectivity index (χ0) is 10.7. The minimum Gasteiger partial charge on any atom is -0.289 e. The Balaban J connectivity index is 3.13. The molecule has 1 aromatic heterocycles.